The second kappa shape index (κ2) is 3.05. The molecule has 0 bridgehead atoms. The second-order valence-electron chi connectivity index (χ2n) is 2.93. The zero-order valence-corrected chi connectivity index (χ0v) is 7.24. The summed E-state index contributed by atoms with van der Waals surface area (Å²) >= 11 is 0. The molecule has 0 N–H and O–H groups in total. The Morgan fingerprint density at radius 1 is 1.62 bits per heavy atom. The molecule has 1 aromatic rings. The van der Waals surface area contributed by atoms with E-state index < -0.39 is 0 Å². The van der Waals surface area contributed by atoms with Gasteiger partial charge in [-0.15, -0.1) is 0 Å². The van der Waals surface area contributed by atoms with Crippen molar-refractivity contribution in [2.24, 2.45) is 0 Å². The molecule has 0 radical (unpaired) electrons. The van der Waals surface area contributed by atoms with Crippen LogP contribution in [-0.2, 0) is 9.53 Å². The first kappa shape index (κ1) is 8.04. The van der Waals surface area contributed by atoms with Crippen LogP contribution in [0.2, 0.25) is 0 Å². The monoisotopic (exact) mass is 179 g/mol. The zero-order chi connectivity index (χ0) is 9.26. The maximum absolute atomic E-state index is 11.0. The molecular weight excluding hydrogens is 170 g/mol. The molecule has 1 aromatic heterocycles. The van der Waals surface area contributed by atoms with Gasteiger partial charge in [0.1, 0.15) is 0 Å². The number of hydrogen-bond donors (Lipinski definition) is 0. The Kier molecular flexibility index (Phi) is 1.88. The maximum atomic E-state index is 11.0. The van der Waals surface area contributed by atoms with Crippen LogP contribution >= 0.6 is 0 Å². The fourth-order valence-corrected chi connectivity index (χ4v) is 1.20. The van der Waals surface area contributed by atoms with Crippen molar-refractivity contribution in [3.05, 3.63) is 23.1 Å². The summed E-state index contributed by atoms with van der Waals surface area (Å²) in [7, 11) is 0. The third-order valence-electron chi connectivity index (χ3n) is 1.83. The first-order valence-corrected chi connectivity index (χ1v) is 4.07. The smallest absolute Gasteiger partial charge is 0.334 e. The minimum Gasteiger partial charge on any atom is -0.462 e. The molecule has 0 atom stereocenters. The summed E-state index contributed by atoms with van der Waals surface area (Å²) in [4.78, 5) is 11.0. The Balaban J connectivity index is 2.24. The standard InChI is InChI=1S/C9H9NO3/c1-6-4-8(13-10-6)5-7-2-3-12-9(7)11/h4-5H,2-3H2,1H3/b7-5+. The van der Waals surface area contributed by atoms with Crippen molar-refractivity contribution < 1.29 is 14.1 Å². The predicted molar refractivity (Wildman–Crippen MR) is 44.8 cm³/mol. The van der Waals surface area contributed by atoms with Gasteiger partial charge in [0.2, 0.25) is 0 Å². The molecule has 1 aliphatic heterocycles. The highest BCUT2D eigenvalue weighted by Gasteiger charge is 2.18. The van der Waals surface area contributed by atoms with E-state index in [1.54, 1.807) is 12.1 Å². The van der Waals surface area contributed by atoms with Gasteiger partial charge < -0.3 is 9.26 Å². The lowest BCUT2D eigenvalue weighted by atomic mass is 10.2. The molecule has 2 rings (SSSR count). The van der Waals surface area contributed by atoms with E-state index in [1.165, 1.54) is 0 Å². The van der Waals surface area contributed by atoms with Crippen molar-refractivity contribution >= 4 is 12.0 Å². The molecule has 0 amide bonds. The Hall–Kier alpha value is -1.58. The molecule has 1 aliphatic rings. The van der Waals surface area contributed by atoms with Gasteiger partial charge in [-0.05, 0) is 13.0 Å². The molecule has 4 nitrogen and oxygen atoms in total. The second-order valence-corrected chi connectivity index (χ2v) is 2.93. The number of aryl methyl sites for hydroxylation is 1. The fraction of sp³-hybridized carbons (Fsp3) is 0.333. The molecule has 68 valence electrons. The Morgan fingerprint density at radius 3 is 3.00 bits per heavy atom. The number of ether oxygens (including phenoxy) is 1. The number of nitrogens with zero attached hydrogens (tertiary/aromatic N) is 1. The highest BCUT2D eigenvalue weighted by molar-refractivity contribution is 5.94. The van der Waals surface area contributed by atoms with Gasteiger partial charge in [-0.25, -0.2) is 4.79 Å². The van der Waals surface area contributed by atoms with Gasteiger partial charge in [-0.3, -0.25) is 0 Å². The zero-order valence-electron chi connectivity index (χ0n) is 7.24. The number of hydrogen-bond acceptors (Lipinski definition) is 4. The topological polar surface area (TPSA) is 52.3 Å². The van der Waals surface area contributed by atoms with Crippen LogP contribution in [-0.4, -0.2) is 17.7 Å². The van der Waals surface area contributed by atoms with Gasteiger partial charge >= 0.3 is 5.97 Å². The molecule has 0 saturated carbocycles. The summed E-state index contributed by atoms with van der Waals surface area (Å²) in [5.41, 5.74) is 1.45. The van der Waals surface area contributed by atoms with Crippen molar-refractivity contribution in [1.82, 2.24) is 5.16 Å². The maximum Gasteiger partial charge on any atom is 0.334 e. The van der Waals surface area contributed by atoms with Gasteiger partial charge in [-0.1, -0.05) is 5.16 Å². The molecule has 1 fully saturated rings. The summed E-state index contributed by atoms with van der Waals surface area (Å²) in [6.45, 7) is 2.30. The van der Waals surface area contributed by atoms with Gasteiger partial charge in [0.25, 0.3) is 0 Å². The minimum absolute atomic E-state index is 0.256. The number of esters is 1. The highest BCUT2D eigenvalue weighted by atomic mass is 16.5. The first-order chi connectivity index (χ1) is 6.25. The number of carbonyl (C=O) groups excluding carboxylic acids is 1. The van der Waals surface area contributed by atoms with Crippen molar-refractivity contribution in [3.63, 3.8) is 0 Å². The van der Waals surface area contributed by atoms with E-state index in [0.29, 0.717) is 24.4 Å². The predicted octanol–water partition coefficient (Wildman–Crippen LogP) is 1.31. The Bertz CT molecular complexity index is 365. The SMILES string of the molecule is Cc1cc(/C=C2\CCOC2=O)on1. The Labute approximate surface area is 75.2 Å². The van der Waals surface area contributed by atoms with Crippen LogP contribution in [0.1, 0.15) is 17.9 Å². The van der Waals surface area contributed by atoms with E-state index >= 15 is 0 Å². The molecular formula is C9H9NO3. The number of cyclic esters (lactones) is 1. The summed E-state index contributed by atoms with van der Waals surface area (Å²) in [6, 6.07) is 1.78. The molecule has 1 saturated heterocycles. The lowest BCUT2D eigenvalue weighted by molar-refractivity contribution is -0.134. The van der Waals surface area contributed by atoms with E-state index in [9.17, 15) is 4.79 Å². The summed E-state index contributed by atoms with van der Waals surface area (Å²) in [5.74, 6) is 0.348. The molecule has 0 aliphatic carbocycles. The Morgan fingerprint density at radius 2 is 2.46 bits per heavy atom. The van der Waals surface area contributed by atoms with Gasteiger partial charge in [0.15, 0.2) is 5.76 Å². The quantitative estimate of drug-likeness (QED) is 0.481. The highest BCUT2D eigenvalue weighted by Crippen LogP contribution is 2.17. The molecule has 0 spiro atoms. The lowest BCUT2D eigenvalue weighted by Gasteiger charge is -1.87. The molecule has 0 aromatic carbocycles. The van der Waals surface area contributed by atoms with Crippen molar-refractivity contribution in [3.8, 4) is 0 Å². The van der Waals surface area contributed by atoms with Crippen LogP contribution in [0.4, 0.5) is 0 Å². The normalized spacial score (nSPS) is 19.5. The summed E-state index contributed by atoms with van der Waals surface area (Å²) in [5, 5.41) is 3.71. The van der Waals surface area contributed by atoms with Crippen LogP contribution < -0.4 is 0 Å². The van der Waals surface area contributed by atoms with Gasteiger partial charge in [-0.2, -0.15) is 0 Å². The van der Waals surface area contributed by atoms with Crippen LogP contribution in [0.3, 0.4) is 0 Å². The summed E-state index contributed by atoms with van der Waals surface area (Å²) < 4.78 is 9.72. The van der Waals surface area contributed by atoms with Crippen molar-refractivity contribution in [2.75, 3.05) is 6.61 Å². The third kappa shape index (κ3) is 1.61. The van der Waals surface area contributed by atoms with Crippen LogP contribution in [0.25, 0.3) is 6.08 Å². The fourth-order valence-electron chi connectivity index (χ4n) is 1.20. The van der Waals surface area contributed by atoms with Crippen molar-refractivity contribution in [1.29, 1.82) is 0 Å². The van der Waals surface area contributed by atoms with E-state index in [-0.39, 0.29) is 5.97 Å². The molecule has 2 heterocycles. The van der Waals surface area contributed by atoms with Crippen LogP contribution in [0.15, 0.2) is 16.2 Å². The van der Waals surface area contributed by atoms with E-state index in [1.807, 2.05) is 6.92 Å². The third-order valence-corrected chi connectivity index (χ3v) is 1.83. The summed E-state index contributed by atoms with van der Waals surface area (Å²) in [6.07, 6.45) is 2.33. The minimum atomic E-state index is -0.256. The van der Waals surface area contributed by atoms with E-state index in [0.717, 1.165) is 5.69 Å². The number of aromatic nitrogens is 1. The molecule has 4 heteroatoms. The van der Waals surface area contributed by atoms with E-state index in [2.05, 4.69) is 5.16 Å². The van der Waals surface area contributed by atoms with Crippen molar-refractivity contribution in [2.45, 2.75) is 13.3 Å². The largest absolute Gasteiger partial charge is 0.462 e. The average Bonchev–Trinajstić information content (AvgIpc) is 2.64. The van der Waals surface area contributed by atoms with Crippen LogP contribution in [0.5, 0.6) is 0 Å². The molecule has 0 unspecified atom stereocenters. The molecule has 13 heavy (non-hydrogen) atoms. The lowest BCUT2D eigenvalue weighted by Crippen LogP contribution is -1.93. The van der Waals surface area contributed by atoms with Gasteiger partial charge in [0.05, 0.1) is 12.3 Å². The number of rotatable bonds is 1. The van der Waals surface area contributed by atoms with Gasteiger partial charge in [0, 0.05) is 18.1 Å². The first-order valence-electron chi connectivity index (χ1n) is 4.07. The average molecular weight is 179 g/mol. The van der Waals surface area contributed by atoms with Crippen LogP contribution in [0, 0.1) is 6.92 Å². The number of carbonyl (C=O) groups is 1. The van der Waals surface area contributed by atoms with E-state index in [4.69, 9.17) is 9.26 Å².